The second-order valence-corrected chi connectivity index (χ2v) is 13.6. The van der Waals surface area contributed by atoms with Gasteiger partial charge in [0, 0.05) is 21.2 Å². The van der Waals surface area contributed by atoms with Gasteiger partial charge in [0.1, 0.15) is 12.2 Å². The Labute approximate surface area is 210 Å². The molecule has 0 radical (unpaired) electrons. The molecule has 2 aliphatic heterocycles. The first-order chi connectivity index (χ1) is 16.8. The number of nitrogens with zero attached hydrogens (tertiary/aromatic N) is 5. The van der Waals surface area contributed by atoms with Gasteiger partial charge >= 0.3 is 0 Å². The number of aliphatic hydroxyl groups excluding tert-OH is 2. The first kappa shape index (κ1) is 25.9. The van der Waals surface area contributed by atoms with Crippen molar-refractivity contribution in [3.05, 3.63) is 11.6 Å². The molecule has 11 nitrogen and oxygen atoms in total. The van der Waals surface area contributed by atoms with E-state index in [1.54, 1.807) is 4.57 Å². The van der Waals surface area contributed by atoms with Crippen molar-refractivity contribution in [2.45, 2.75) is 69.5 Å². The van der Waals surface area contributed by atoms with Crippen molar-refractivity contribution < 1.29 is 29.6 Å². The molecular formula is C21H32ClN5O6P2. The maximum absolute atomic E-state index is 10.7. The summed E-state index contributed by atoms with van der Waals surface area (Å²) in [6.07, 6.45) is 5.41. The average Bonchev–Trinajstić information content (AvgIpc) is 3.49. The van der Waals surface area contributed by atoms with E-state index < -0.39 is 41.1 Å². The summed E-state index contributed by atoms with van der Waals surface area (Å²) in [4.78, 5) is 43.8. The number of rotatable bonds is 7. The van der Waals surface area contributed by atoms with Crippen LogP contribution in [-0.4, -0.2) is 87.9 Å². The minimum absolute atomic E-state index is 0.0679. The quantitative estimate of drug-likeness (QED) is 0.257. The van der Waals surface area contributed by atoms with Crippen LogP contribution < -0.4 is 4.90 Å². The smallest absolute Gasteiger partial charge is 0.226 e. The lowest BCUT2D eigenvalue weighted by atomic mass is 9.73. The van der Waals surface area contributed by atoms with Crippen LogP contribution in [0, 0.1) is 5.41 Å². The number of imidazole rings is 1. The van der Waals surface area contributed by atoms with Crippen LogP contribution in [-0.2, 0) is 4.74 Å². The van der Waals surface area contributed by atoms with Crippen LogP contribution >= 0.6 is 28.1 Å². The van der Waals surface area contributed by atoms with Gasteiger partial charge in [0.05, 0.1) is 18.3 Å². The van der Waals surface area contributed by atoms with E-state index in [1.165, 1.54) is 38.4 Å². The third-order valence-corrected chi connectivity index (χ3v) is 10.9. The number of ether oxygens (including phenoxy) is 1. The topological polar surface area (TPSA) is 157 Å². The zero-order valence-corrected chi connectivity index (χ0v) is 21.9. The Morgan fingerprint density at radius 2 is 1.86 bits per heavy atom. The summed E-state index contributed by atoms with van der Waals surface area (Å²) in [5, 5.41) is 21.4. The Hall–Kier alpha value is -0.740. The van der Waals surface area contributed by atoms with Gasteiger partial charge in [0.2, 0.25) is 5.28 Å². The molecule has 0 amide bonds. The van der Waals surface area contributed by atoms with E-state index in [1.807, 2.05) is 0 Å². The molecule has 194 valence electrons. The van der Waals surface area contributed by atoms with Crippen molar-refractivity contribution >= 4 is 45.1 Å². The SMILES string of the molecule is OC1C(CCP(O)CP(O)O)OC(n2cnc3c(N4CCC5(CCCCC5)C4)nc(Cl)nc32)C1O. The molecule has 5 rings (SSSR count). The molecule has 1 aliphatic carbocycles. The van der Waals surface area contributed by atoms with Crippen LogP contribution in [0.15, 0.2) is 6.33 Å². The highest BCUT2D eigenvalue weighted by atomic mass is 35.5. The predicted octanol–water partition coefficient (Wildman–Crippen LogP) is 2.29. The van der Waals surface area contributed by atoms with Crippen LogP contribution in [0.4, 0.5) is 5.82 Å². The fourth-order valence-corrected chi connectivity index (χ4v) is 8.25. The third kappa shape index (κ3) is 5.31. The first-order valence-electron chi connectivity index (χ1n) is 12.0. The van der Waals surface area contributed by atoms with Crippen LogP contribution in [0.3, 0.4) is 0 Å². The predicted molar refractivity (Wildman–Crippen MR) is 133 cm³/mol. The van der Waals surface area contributed by atoms with Crippen molar-refractivity contribution in [2.24, 2.45) is 5.41 Å². The normalized spacial score (nSPS) is 29.6. The van der Waals surface area contributed by atoms with Crippen molar-refractivity contribution in [3.8, 4) is 0 Å². The fraction of sp³-hybridized carbons (Fsp3) is 0.762. The second kappa shape index (κ2) is 10.6. The number of halogens is 1. The lowest BCUT2D eigenvalue weighted by Gasteiger charge is -2.33. The minimum Gasteiger partial charge on any atom is -0.388 e. The van der Waals surface area contributed by atoms with Crippen molar-refractivity contribution in [1.29, 1.82) is 0 Å². The van der Waals surface area contributed by atoms with Crippen molar-refractivity contribution in [2.75, 3.05) is 30.1 Å². The Bertz CT molecular complexity index is 1040. The standard InChI is InChI=1S/C21H32ClN5O6P2/c22-20-24-17(26-8-7-21(10-26)5-2-1-3-6-21)14-18(25-20)27(11-23-14)19-16(29)15(28)13(33-19)4-9-34(30)12-35(31)32/h11,13,15-16,19,28-32H,1-10,12H2. The van der Waals surface area contributed by atoms with Gasteiger partial charge in [-0.05, 0) is 48.9 Å². The molecule has 5 unspecified atom stereocenters. The van der Waals surface area contributed by atoms with Gasteiger partial charge in [-0.25, -0.2) is 4.98 Å². The molecule has 3 fully saturated rings. The van der Waals surface area contributed by atoms with E-state index in [0.29, 0.717) is 22.4 Å². The summed E-state index contributed by atoms with van der Waals surface area (Å²) in [7, 11) is -3.76. The summed E-state index contributed by atoms with van der Waals surface area (Å²) in [6.45, 7) is 1.80. The highest BCUT2D eigenvalue weighted by Crippen LogP contribution is 2.46. The van der Waals surface area contributed by atoms with Crippen molar-refractivity contribution in [3.63, 3.8) is 0 Å². The van der Waals surface area contributed by atoms with Crippen LogP contribution in [0.2, 0.25) is 5.28 Å². The number of anilines is 1. The fourth-order valence-electron chi connectivity index (χ4n) is 5.80. The Morgan fingerprint density at radius 3 is 2.60 bits per heavy atom. The number of aliphatic hydroxyl groups is 2. The molecule has 1 spiro atoms. The van der Waals surface area contributed by atoms with Crippen molar-refractivity contribution in [1.82, 2.24) is 19.5 Å². The summed E-state index contributed by atoms with van der Waals surface area (Å²) in [5.74, 6) is 0.614. The maximum atomic E-state index is 10.7. The molecule has 0 aromatic carbocycles. The highest BCUT2D eigenvalue weighted by Gasteiger charge is 2.45. The van der Waals surface area contributed by atoms with E-state index >= 15 is 0 Å². The lowest BCUT2D eigenvalue weighted by molar-refractivity contribution is -0.0353. The van der Waals surface area contributed by atoms with E-state index in [4.69, 9.17) is 26.1 Å². The summed E-state index contributed by atoms with van der Waals surface area (Å²) < 4.78 is 7.55. The van der Waals surface area contributed by atoms with Crippen LogP contribution in [0.1, 0.15) is 51.2 Å². The molecule has 4 heterocycles. The molecule has 5 atom stereocenters. The number of hydrogen-bond donors (Lipinski definition) is 5. The largest absolute Gasteiger partial charge is 0.388 e. The van der Waals surface area contributed by atoms with Gasteiger partial charge in [0.15, 0.2) is 31.6 Å². The summed E-state index contributed by atoms with van der Waals surface area (Å²) >= 11 is 6.33. The highest BCUT2D eigenvalue weighted by molar-refractivity contribution is 7.66. The monoisotopic (exact) mass is 547 g/mol. The maximum Gasteiger partial charge on any atom is 0.226 e. The first-order valence-corrected chi connectivity index (χ1v) is 15.5. The molecule has 3 aliphatic rings. The van der Waals surface area contributed by atoms with Gasteiger partial charge in [-0.15, -0.1) is 0 Å². The zero-order chi connectivity index (χ0) is 24.7. The van der Waals surface area contributed by atoms with Crippen LogP contribution in [0.25, 0.3) is 11.2 Å². The van der Waals surface area contributed by atoms with E-state index in [2.05, 4.69) is 19.9 Å². The summed E-state index contributed by atoms with van der Waals surface area (Å²) in [5.41, 5.74) is 1.33. The Balaban J connectivity index is 1.35. The van der Waals surface area contributed by atoms with E-state index in [-0.39, 0.29) is 23.8 Å². The molecular weight excluding hydrogens is 516 g/mol. The van der Waals surface area contributed by atoms with Gasteiger partial charge in [-0.2, -0.15) is 9.97 Å². The minimum atomic E-state index is -2.18. The van der Waals surface area contributed by atoms with Gasteiger partial charge < -0.3 is 34.5 Å². The molecule has 0 bridgehead atoms. The Kier molecular flexibility index (Phi) is 7.81. The Morgan fingerprint density at radius 1 is 1.09 bits per heavy atom. The zero-order valence-electron chi connectivity index (χ0n) is 19.3. The number of hydrogen-bond acceptors (Lipinski definition) is 10. The van der Waals surface area contributed by atoms with E-state index in [0.717, 1.165) is 19.5 Å². The molecule has 1 saturated carbocycles. The second-order valence-electron chi connectivity index (χ2n) is 9.95. The molecule has 2 aromatic heterocycles. The molecule has 35 heavy (non-hydrogen) atoms. The number of fused-ring (bicyclic) bond motifs is 1. The molecule has 2 saturated heterocycles. The van der Waals surface area contributed by atoms with Gasteiger partial charge in [-0.1, -0.05) is 19.3 Å². The van der Waals surface area contributed by atoms with Crippen LogP contribution in [0.5, 0.6) is 0 Å². The van der Waals surface area contributed by atoms with Gasteiger partial charge in [-0.3, -0.25) is 4.57 Å². The third-order valence-electron chi connectivity index (χ3n) is 7.60. The molecule has 5 N–H and O–H groups in total. The average molecular weight is 548 g/mol. The van der Waals surface area contributed by atoms with E-state index in [9.17, 15) is 15.1 Å². The molecule has 14 heteroatoms. The van der Waals surface area contributed by atoms with Gasteiger partial charge in [0.25, 0.3) is 0 Å². The summed E-state index contributed by atoms with van der Waals surface area (Å²) in [6, 6.07) is 0. The number of aromatic nitrogens is 4. The molecule has 2 aromatic rings. The lowest BCUT2D eigenvalue weighted by Crippen LogP contribution is -2.32.